The summed E-state index contributed by atoms with van der Waals surface area (Å²) in [5.41, 5.74) is 0.227. The van der Waals surface area contributed by atoms with Gasteiger partial charge >= 0.3 is 0 Å². The van der Waals surface area contributed by atoms with Crippen LogP contribution in [0.5, 0.6) is 0 Å². The number of Topliss-reactive ketones (excluding diaryl/α,β-unsaturated/α-hetero) is 1. The van der Waals surface area contributed by atoms with Crippen molar-refractivity contribution in [1.82, 2.24) is 0 Å². The van der Waals surface area contributed by atoms with Crippen molar-refractivity contribution in [2.75, 3.05) is 0 Å². The number of halogens is 2. The van der Waals surface area contributed by atoms with Gasteiger partial charge in [0.15, 0.2) is 11.6 Å². The highest BCUT2D eigenvalue weighted by Crippen LogP contribution is 2.14. The minimum atomic E-state index is -1.08. The average molecular weight is 198 g/mol. The molecule has 0 unspecified atom stereocenters. The Morgan fingerprint density at radius 2 is 1.93 bits per heavy atom. The van der Waals surface area contributed by atoms with Crippen molar-refractivity contribution in [1.29, 1.82) is 0 Å². The molecule has 14 heavy (non-hydrogen) atoms. The highest BCUT2D eigenvalue weighted by Gasteiger charge is 2.10. The molecule has 1 aromatic carbocycles. The number of benzene rings is 1. The molecule has 1 aromatic rings. The van der Waals surface area contributed by atoms with Crippen LogP contribution in [0.2, 0.25) is 0 Å². The van der Waals surface area contributed by atoms with Crippen molar-refractivity contribution in [2.24, 2.45) is 0 Å². The molecule has 0 spiro atoms. The molecular formula is C10H8F2O2. The number of carbonyl (C=O) groups is 2. The second-order valence-electron chi connectivity index (χ2n) is 2.96. The number of rotatable bonds is 3. The minimum absolute atomic E-state index is 0.0131. The summed E-state index contributed by atoms with van der Waals surface area (Å²) in [6, 6.07) is 1.67. The standard InChI is InChI=1S/C10H8F2O2/c1-6(14)2-7-3-9(11)10(12)4-8(7)5-13/h3-5H,2H2,1H3. The monoisotopic (exact) mass is 198 g/mol. The van der Waals surface area contributed by atoms with Crippen LogP contribution in [0.15, 0.2) is 12.1 Å². The Kier molecular flexibility index (Phi) is 3.06. The summed E-state index contributed by atoms with van der Waals surface area (Å²) in [4.78, 5) is 21.2. The molecule has 0 saturated heterocycles. The summed E-state index contributed by atoms with van der Waals surface area (Å²) >= 11 is 0. The number of ketones is 1. The van der Waals surface area contributed by atoms with E-state index in [-0.39, 0.29) is 23.3 Å². The molecule has 0 heterocycles. The van der Waals surface area contributed by atoms with Gasteiger partial charge in [-0.05, 0) is 24.6 Å². The minimum Gasteiger partial charge on any atom is -0.300 e. The van der Waals surface area contributed by atoms with E-state index in [0.29, 0.717) is 6.29 Å². The van der Waals surface area contributed by atoms with E-state index in [1.165, 1.54) is 6.92 Å². The van der Waals surface area contributed by atoms with Crippen LogP contribution in [0.25, 0.3) is 0 Å². The third-order valence-corrected chi connectivity index (χ3v) is 1.75. The van der Waals surface area contributed by atoms with Crippen LogP contribution in [0.1, 0.15) is 22.8 Å². The van der Waals surface area contributed by atoms with Gasteiger partial charge in [0.05, 0.1) is 0 Å². The molecule has 2 nitrogen and oxygen atoms in total. The van der Waals surface area contributed by atoms with Gasteiger partial charge in [0.1, 0.15) is 12.1 Å². The summed E-state index contributed by atoms with van der Waals surface area (Å²) in [6.07, 6.45) is 0.339. The molecule has 0 radical (unpaired) electrons. The maximum Gasteiger partial charge on any atom is 0.159 e. The fourth-order valence-corrected chi connectivity index (χ4v) is 1.13. The largest absolute Gasteiger partial charge is 0.300 e. The first-order valence-electron chi connectivity index (χ1n) is 3.97. The molecule has 0 bridgehead atoms. The van der Waals surface area contributed by atoms with Crippen molar-refractivity contribution < 1.29 is 18.4 Å². The maximum absolute atomic E-state index is 12.7. The van der Waals surface area contributed by atoms with E-state index in [9.17, 15) is 18.4 Å². The van der Waals surface area contributed by atoms with Crippen LogP contribution < -0.4 is 0 Å². The first-order valence-corrected chi connectivity index (χ1v) is 3.97. The van der Waals surface area contributed by atoms with Crippen LogP contribution >= 0.6 is 0 Å². The molecular weight excluding hydrogens is 190 g/mol. The van der Waals surface area contributed by atoms with E-state index in [1.54, 1.807) is 0 Å². The smallest absolute Gasteiger partial charge is 0.159 e. The van der Waals surface area contributed by atoms with Crippen molar-refractivity contribution in [3.05, 3.63) is 34.9 Å². The SMILES string of the molecule is CC(=O)Cc1cc(F)c(F)cc1C=O. The normalized spacial score (nSPS) is 9.93. The predicted molar refractivity (Wildman–Crippen MR) is 46.1 cm³/mol. The second kappa shape index (κ2) is 4.09. The van der Waals surface area contributed by atoms with Gasteiger partial charge in [0.25, 0.3) is 0 Å². The Labute approximate surface area is 79.5 Å². The molecule has 1 rings (SSSR count). The molecule has 4 heteroatoms. The van der Waals surface area contributed by atoms with Gasteiger partial charge in [-0.15, -0.1) is 0 Å². The van der Waals surface area contributed by atoms with Crippen molar-refractivity contribution >= 4 is 12.1 Å². The van der Waals surface area contributed by atoms with Gasteiger partial charge in [0.2, 0.25) is 0 Å². The fraction of sp³-hybridized carbons (Fsp3) is 0.200. The van der Waals surface area contributed by atoms with E-state index in [1.807, 2.05) is 0 Å². The lowest BCUT2D eigenvalue weighted by molar-refractivity contribution is -0.116. The van der Waals surface area contributed by atoms with E-state index in [2.05, 4.69) is 0 Å². The van der Waals surface area contributed by atoms with E-state index < -0.39 is 11.6 Å². The van der Waals surface area contributed by atoms with Gasteiger partial charge < -0.3 is 0 Å². The lowest BCUT2D eigenvalue weighted by Gasteiger charge is -2.03. The van der Waals surface area contributed by atoms with Gasteiger partial charge in [0, 0.05) is 12.0 Å². The van der Waals surface area contributed by atoms with Gasteiger partial charge in [-0.25, -0.2) is 8.78 Å². The molecule has 0 aliphatic heterocycles. The Hall–Kier alpha value is -1.58. The number of carbonyl (C=O) groups excluding carboxylic acids is 2. The molecule has 0 aliphatic rings. The molecule has 0 saturated carbocycles. The molecule has 74 valence electrons. The van der Waals surface area contributed by atoms with Crippen LogP contribution in [0.3, 0.4) is 0 Å². The molecule has 0 aromatic heterocycles. The zero-order chi connectivity index (χ0) is 10.7. The first kappa shape index (κ1) is 10.5. The highest BCUT2D eigenvalue weighted by molar-refractivity contribution is 5.84. The lowest BCUT2D eigenvalue weighted by atomic mass is 10.0. The Balaban J connectivity index is 3.19. The highest BCUT2D eigenvalue weighted by atomic mass is 19.2. The lowest BCUT2D eigenvalue weighted by Crippen LogP contribution is -2.02. The summed E-state index contributed by atoms with van der Waals surface area (Å²) < 4.78 is 25.4. The second-order valence-corrected chi connectivity index (χ2v) is 2.96. The maximum atomic E-state index is 12.7. The summed E-state index contributed by atoms with van der Waals surface area (Å²) in [6.45, 7) is 1.32. The quantitative estimate of drug-likeness (QED) is 0.695. The topological polar surface area (TPSA) is 34.1 Å². The van der Waals surface area contributed by atoms with Crippen LogP contribution in [0.4, 0.5) is 8.78 Å². The van der Waals surface area contributed by atoms with Crippen molar-refractivity contribution in [2.45, 2.75) is 13.3 Å². The summed E-state index contributed by atoms with van der Waals surface area (Å²) in [5, 5.41) is 0. The predicted octanol–water partition coefficient (Wildman–Crippen LogP) is 1.91. The number of hydrogen-bond donors (Lipinski definition) is 0. The molecule has 0 N–H and O–H groups in total. The number of aldehydes is 1. The van der Waals surface area contributed by atoms with Gasteiger partial charge in [-0.1, -0.05) is 0 Å². The third kappa shape index (κ3) is 2.22. The van der Waals surface area contributed by atoms with Crippen molar-refractivity contribution in [3.8, 4) is 0 Å². The van der Waals surface area contributed by atoms with Gasteiger partial charge in [-0.2, -0.15) is 0 Å². The molecule has 0 aliphatic carbocycles. The van der Waals surface area contributed by atoms with Crippen LogP contribution in [-0.2, 0) is 11.2 Å². The third-order valence-electron chi connectivity index (χ3n) is 1.75. The average Bonchev–Trinajstić information content (AvgIpc) is 2.10. The number of hydrogen-bond acceptors (Lipinski definition) is 2. The molecule has 0 amide bonds. The zero-order valence-corrected chi connectivity index (χ0v) is 7.51. The van der Waals surface area contributed by atoms with Crippen molar-refractivity contribution in [3.63, 3.8) is 0 Å². The van der Waals surface area contributed by atoms with Crippen LogP contribution in [0, 0.1) is 11.6 Å². The van der Waals surface area contributed by atoms with E-state index >= 15 is 0 Å². The van der Waals surface area contributed by atoms with E-state index in [4.69, 9.17) is 0 Å². The van der Waals surface area contributed by atoms with E-state index in [0.717, 1.165) is 12.1 Å². The Morgan fingerprint density at radius 3 is 2.43 bits per heavy atom. The Bertz CT molecular complexity index is 386. The first-order chi connectivity index (χ1) is 6.54. The Morgan fingerprint density at radius 1 is 1.36 bits per heavy atom. The molecule has 0 atom stereocenters. The zero-order valence-electron chi connectivity index (χ0n) is 7.51. The molecule has 0 fully saturated rings. The van der Waals surface area contributed by atoms with Gasteiger partial charge in [-0.3, -0.25) is 9.59 Å². The summed E-state index contributed by atoms with van der Waals surface area (Å²) in [5.74, 6) is -2.34. The van der Waals surface area contributed by atoms with Crippen LogP contribution in [-0.4, -0.2) is 12.1 Å². The fourth-order valence-electron chi connectivity index (χ4n) is 1.13. The summed E-state index contributed by atoms with van der Waals surface area (Å²) in [7, 11) is 0.